The Morgan fingerprint density at radius 2 is 2.29 bits per heavy atom. The SMILES string of the molecule is CC(Sc1nc2cc(Cl)ccc2s1)C(=O)N1CCCC(C(N)=O)C1. The van der Waals surface area contributed by atoms with Crippen LogP contribution in [0, 0.1) is 5.92 Å². The van der Waals surface area contributed by atoms with Crippen LogP contribution in [0.15, 0.2) is 22.5 Å². The highest BCUT2D eigenvalue weighted by Gasteiger charge is 2.30. The number of halogens is 1. The molecule has 0 radical (unpaired) electrons. The Kier molecular flexibility index (Phi) is 5.32. The van der Waals surface area contributed by atoms with E-state index in [2.05, 4.69) is 4.98 Å². The molecule has 128 valence electrons. The highest BCUT2D eigenvalue weighted by Crippen LogP contribution is 2.34. The summed E-state index contributed by atoms with van der Waals surface area (Å²) in [6.07, 6.45) is 1.58. The van der Waals surface area contributed by atoms with E-state index < -0.39 is 0 Å². The first-order valence-electron chi connectivity index (χ1n) is 7.75. The van der Waals surface area contributed by atoms with Gasteiger partial charge in [-0.2, -0.15) is 0 Å². The zero-order chi connectivity index (χ0) is 17.3. The first-order valence-corrected chi connectivity index (χ1v) is 9.82. The van der Waals surface area contributed by atoms with Crippen LogP contribution in [0.2, 0.25) is 5.02 Å². The van der Waals surface area contributed by atoms with Crippen molar-refractivity contribution in [2.45, 2.75) is 29.4 Å². The molecule has 5 nitrogen and oxygen atoms in total. The molecule has 1 aliphatic heterocycles. The van der Waals surface area contributed by atoms with Crippen LogP contribution < -0.4 is 5.73 Å². The fourth-order valence-electron chi connectivity index (χ4n) is 2.80. The Morgan fingerprint density at radius 3 is 3.04 bits per heavy atom. The maximum Gasteiger partial charge on any atom is 0.235 e. The molecule has 3 rings (SSSR count). The third-order valence-electron chi connectivity index (χ3n) is 4.09. The van der Waals surface area contributed by atoms with Crippen molar-refractivity contribution in [3.05, 3.63) is 23.2 Å². The molecule has 24 heavy (non-hydrogen) atoms. The Morgan fingerprint density at radius 1 is 1.50 bits per heavy atom. The van der Waals surface area contributed by atoms with Gasteiger partial charge in [0.1, 0.15) is 0 Å². The number of carbonyl (C=O) groups is 2. The van der Waals surface area contributed by atoms with Gasteiger partial charge in [-0.15, -0.1) is 11.3 Å². The Labute approximate surface area is 153 Å². The third-order valence-corrected chi connectivity index (χ3v) is 6.54. The molecular weight excluding hydrogens is 366 g/mol. The summed E-state index contributed by atoms with van der Waals surface area (Å²) in [5.41, 5.74) is 6.23. The van der Waals surface area contributed by atoms with Gasteiger partial charge in [0.2, 0.25) is 11.8 Å². The number of nitrogens with two attached hydrogens (primary N) is 1. The molecule has 1 aromatic carbocycles. The van der Waals surface area contributed by atoms with Gasteiger partial charge in [-0.3, -0.25) is 9.59 Å². The van der Waals surface area contributed by atoms with Crippen molar-refractivity contribution in [3.63, 3.8) is 0 Å². The lowest BCUT2D eigenvalue weighted by Gasteiger charge is -2.32. The van der Waals surface area contributed by atoms with E-state index in [9.17, 15) is 9.59 Å². The molecule has 2 atom stereocenters. The van der Waals surface area contributed by atoms with Crippen molar-refractivity contribution in [1.82, 2.24) is 9.88 Å². The van der Waals surface area contributed by atoms with Crippen LogP contribution in [0.3, 0.4) is 0 Å². The average Bonchev–Trinajstić information content (AvgIpc) is 2.95. The summed E-state index contributed by atoms with van der Waals surface area (Å²) in [6, 6.07) is 5.60. The normalized spacial score (nSPS) is 19.4. The number of aromatic nitrogens is 1. The number of benzene rings is 1. The number of fused-ring (bicyclic) bond motifs is 1. The van der Waals surface area contributed by atoms with E-state index in [1.54, 1.807) is 16.2 Å². The predicted molar refractivity (Wildman–Crippen MR) is 98.4 cm³/mol. The summed E-state index contributed by atoms with van der Waals surface area (Å²) in [5, 5.41) is 0.395. The monoisotopic (exact) mass is 383 g/mol. The van der Waals surface area contributed by atoms with Crippen LogP contribution in [0.1, 0.15) is 19.8 Å². The number of thiazole rings is 1. The van der Waals surface area contributed by atoms with Crippen molar-refractivity contribution in [1.29, 1.82) is 0 Å². The summed E-state index contributed by atoms with van der Waals surface area (Å²) >= 11 is 8.98. The van der Waals surface area contributed by atoms with Crippen molar-refractivity contribution >= 4 is 56.7 Å². The molecule has 1 aromatic heterocycles. The van der Waals surface area contributed by atoms with Gasteiger partial charge in [0.25, 0.3) is 0 Å². The van der Waals surface area contributed by atoms with Gasteiger partial charge < -0.3 is 10.6 Å². The van der Waals surface area contributed by atoms with Crippen LogP contribution in [0.25, 0.3) is 10.2 Å². The van der Waals surface area contributed by atoms with Crippen molar-refractivity contribution in [2.24, 2.45) is 11.7 Å². The lowest BCUT2D eigenvalue weighted by atomic mass is 9.97. The summed E-state index contributed by atoms with van der Waals surface area (Å²) in [4.78, 5) is 30.3. The summed E-state index contributed by atoms with van der Waals surface area (Å²) in [7, 11) is 0. The topological polar surface area (TPSA) is 76.3 Å². The van der Waals surface area contributed by atoms with Crippen LogP contribution in [0.4, 0.5) is 0 Å². The number of nitrogens with zero attached hydrogens (tertiary/aromatic N) is 2. The number of amides is 2. The van der Waals surface area contributed by atoms with E-state index in [1.807, 2.05) is 25.1 Å². The van der Waals surface area contributed by atoms with Crippen molar-refractivity contribution in [2.75, 3.05) is 13.1 Å². The molecule has 1 aliphatic rings. The minimum Gasteiger partial charge on any atom is -0.369 e. The molecule has 1 saturated heterocycles. The zero-order valence-electron chi connectivity index (χ0n) is 13.2. The maximum absolute atomic E-state index is 12.6. The second-order valence-electron chi connectivity index (χ2n) is 5.88. The number of thioether (sulfide) groups is 1. The molecule has 2 amide bonds. The van der Waals surface area contributed by atoms with Crippen LogP contribution >= 0.6 is 34.7 Å². The molecule has 2 aromatic rings. The van der Waals surface area contributed by atoms with E-state index >= 15 is 0 Å². The number of piperidine rings is 1. The van der Waals surface area contributed by atoms with Gasteiger partial charge in [0, 0.05) is 18.1 Å². The molecule has 2 unspecified atom stereocenters. The van der Waals surface area contributed by atoms with E-state index in [0.717, 1.165) is 27.4 Å². The second kappa shape index (κ2) is 7.29. The largest absolute Gasteiger partial charge is 0.369 e. The summed E-state index contributed by atoms with van der Waals surface area (Å²) in [5.74, 6) is -0.524. The van der Waals surface area contributed by atoms with Gasteiger partial charge in [-0.05, 0) is 38.0 Å². The number of hydrogen-bond donors (Lipinski definition) is 1. The van der Waals surface area contributed by atoms with Gasteiger partial charge in [-0.1, -0.05) is 23.4 Å². The predicted octanol–water partition coefficient (Wildman–Crippen LogP) is 3.15. The van der Waals surface area contributed by atoms with Gasteiger partial charge in [0.05, 0.1) is 21.4 Å². The lowest BCUT2D eigenvalue weighted by Crippen LogP contribution is -2.46. The van der Waals surface area contributed by atoms with Crippen LogP contribution in [-0.4, -0.2) is 40.0 Å². The zero-order valence-corrected chi connectivity index (χ0v) is 15.6. The molecule has 2 N–H and O–H groups in total. The second-order valence-corrected chi connectivity index (χ2v) is 8.93. The molecule has 0 saturated carbocycles. The van der Waals surface area contributed by atoms with E-state index in [0.29, 0.717) is 18.1 Å². The molecule has 0 spiro atoms. The summed E-state index contributed by atoms with van der Waals surface area (Å²) in [6.45, 7) is 2.98. The number of rotatable bonds is 4. The van der Waals surface area contributed by atoms with E-state index in [-0.39, 0.29) is 23.0 Å². The third kappa shape index (κ3) is 3.84. The molecule has 1 fully saturated rings. The smallest absolute Gasteiger partial charge is 0.235 e. The summed E-state index contributed by atoms with van der Waals surface area (Å²) < 4.78 is 1.89. The minimum absolute atomic E-state index is 0.0308. The molecule has 8 heteroatoms. The van der Waals surface area contributed by atoms with Crippen molar-refractivity contribution in [3.8, 4) is 0 Å². The Hall–Kier alpha value is -1.31. The van der Waals surface area contributed by atoms with Crippen LogP contribution in [0.5, 0.6) is 0 Å². The van der Waals surface area contributed by atoms with Crippen molar-refractivity contribution < 1.29 is 9.59 Å². The van der Waals surface area contributed by atoms with E-state index in [1.165, 1.54) is 11.8 Å². The van der Waals surface area contributed by atoms with Gasteiger partial charge >= 0.3 is 0 Å². The highest BCUT2D eigenvalue weighted by molar-refractivity contribution is 8.02. The van der Waals surface area contributed by atoms with Crippen LogP contribution in [-0.2, 0) is 9.59 Å². The fourth-order valence-corrected chi connectivity index (χ4v) is 5.24. The number of likely N-dealkylation sites (tertiary alicyclic amines) is 1. The molecular formula is C16H18ClN3O2S2. The minimum atomic E-state index is -0.323. The molecule has 2 heterocycles. The average molecular weight is 384 g/mol. The number of primary amides is 1. The standard InChI is InChI=1S/C16H18ClN3O2S2/c1-9(15(22)20-6-2-3-10(8-20)14(18)21)23-16-19-12-7-11(17)4-5-13(12)24-16/h4-5,7,9-10H,2-3,6,8H2,1H3,(H2,18,21). The molecule has 0 aliphatic carbocycles. The van der Waals surface area contributed by atoms with Gasteiger partial charge in [-0.25, -0.2) is 4.98 Å². The lowest BCUT2D eigenvalue weighted by molar-refractivity contribution is -0.134. The Bertz CT molecular complexity index is 780. The first kappa shape index (κ1) is 17.5. The maximum atomic E-state index is 12.6. The highest BCUT2D eigenvalue weighted by atomic mass is 35.5. The fraction of sp³-hybridized carbons (Fsp3) is 0.438. The Balaban J connectivity index is 1.67. The number of hydrogen-bond acceptors (Lipinski definition) is 5. The quantitative estimate of drug-likeness (QED) is 0.823. The first-order chi connectivity index (χ1) is 11.4. The molecule has 0 bridgehead atoms. The van der Waals surface area contributed by atoms with E-state index in [4.69, 9.17) is 17.3 Å². The van der Waals surface area contributed by atoms with Gasteiger partial charge in [0.15, 0.2) is 4.34 Å². The number of carbonyl (C=O) groups excluding carboxylic acids is 2.